The Morgan fingerprint density at radius 2 is 2.14 bits per heavy atom. The van der Waals surface area contributed by atoms with E-state index in [4.69, 9.17) is 0 Å². The van der Waals surface area contributed by atoms with Crippen LogP contribution in [-0.4, -0.2) is 20.7 Å². The van der Waals surface area contributed by atoms with E-state index in [1.807, 2.05) is 0 Å². The second kappa shape index (κ2) is 5.71. The van der Waals surface area contributed by atoms with E-state index in [0.29, 0.717) is 5.13 Å². The summed E-state index contributed by atoms with van der Waals surface area (Å²) in [7, 11) is 0. The van der Waals surface area contributed by atoms with Crippen LogP contribution in [0.2, 0.25) is 0 Å². The van der Waals surface area contributed by atoms with Crippen LogP contribution in [0.4, 0.5) is 18.3 Å². The number of thiazole rings is 1. The first-order chi connectivity index (χ1) is 10.4. The highest BCUT2D eigenvalue weighted by Crippen LogP contribution is 2.29. The number of fused-ring (bicyclic) bond motifs is 1. The number of amides is 1. The quantitative estimate of drug-likeness (QED) is 0.941. The molecule has 2 heterocycles. The number of hydrogen-bond donors (Lipinski definition) is 1. The van der Waals surface area contributed by atoms with Crippen LogP contribution in [0.1, 0.15) is 29.1 Å². The van der Waals surface area contributed by atoms with Crippen LogP contribution in [-0.2, 0) is 30.4 Å². The maximum absolute atomic E-state index is 12.4. The van der Waals surface area contributed by atoms with Gasteiger partial charge in [-0.1, -0.05) is 0 Å². The highest BCUT2D eigenvalue weighted by Gasteiger charge is 2.33. The van der Waals surface area contributed by atoms with Crippen molar-refractivity contribution >= 4 is 22.4 Å². The summed E-state index contributed by atoms with van der Waals surface area (Å²) in [6.07, 6.45) is 0.728. The third-order valence-corrected chi connectivity index (χ3v) is 4.40. The van der Waals surface area contributed by atoms with Crippen LogP contribution in [0.25, 0.3) is 0 Å². The van der Waals surface area contributed by atoms with Crippen LogP contribution in [0.5, 0.6) is 0 Å². The highest BCUT2D eigenvalue weighted by molar-refractivity contribution is 7.15. The van der Waals surface area contributed by atoms with E-state index in [1.165, 1.54) is 16.2 Å². The van der Waals surface area contributed by atoms with Crippen LogP contribution < -0.4 is 5.32 Å². The number of carbonyl (C=O) groups excluding carboxylic acids is 1. The average molecular weight is 330 g/mol. The molecular formula is C13H13F3N4OS. The highest BCUT2D eigenvalue weighted by atomic mass is 32.1. The van der Waals surface area contributed by atoms with Gasteiger partial charge in [-0.25, -0.2) is 4.98 Å². The molecule has 22 heavy (non-hydrogen) atoms. The van der Waals surface area contributed by atoms with Crippen LogP contribution >= 0.6 is 11.3 Å². The fourth-order valence-electron chi connectivity index (χ4n) is 2.31. The lowest BCUT2D eigenvalue weighted by Crippen LogP contribution is -2.19. The van der Waals surface area contributed by atoms with Gasteiger partial charge in [-0.3, -0.25) is 9.48 Å². The number of halogens is 3. The van der Waals surface area contributed by atoms with Gasteiger partial charge in [0.1, 0.15) is 6.54 Å². The maximum Gasteiger partial charge on any atom is 0.435 e. The van der Waals surface area contributed by atoms with Crippen molar-refractivity contribution in [3.05, 3.63) is 28.5 Å². The van der Waals surface area contributed by atoms with Crippen molar-refractivity contribution in [3.8, 4) is 0 Å². The molecule has 0 fully saturated rings. The number of nitrogens with zero attached hydrogens (tertiary/aromatic N) is 3. The van der Waals surface area contributed by atoms with Gasteiger partial charge in [-0.15, -0.1) is 11.3 Å². The maximum atomic E-state index is 12.4. The largest absolute Gasteiger partial charge is 0.435 e. The Morgan fingerprint density at radius 3 is 2.82 bits per heavy atom. The van der Waals surface area contributed by atoms with Gasteiger partial charge in [0, 0.05) is 11.1 Å². The molecule has 9 heteroatoms. The van der Waals surface area contributed by atoms with Crippen molar-refractivity contribution in [1.29, 1.82) is 0 Å². The Bertz CT molecular complexity index is 668. The minimum atomic E-state index is -4.50. The first kappa shape index (κ1) is 15.0. The van der Waals surface area contributed by atoms with Crippen molar-refractivity contribution in [2.24, 2.45) is 0 Å². The van der Waals surface area contributed by atoms with Gasteiger partial charge in [0.05, 0.1) is 5.69 Å². The Hall–Kier alpha value is -1.90. The van der Waals surface area contributed by atoms with Crippen LogP contribution in [0.15, 0.2) is 12.3 Å². The van der Waals surface area contributed by atoms with Crippen LogP contribution in [0, 0.1) is 0 Å². The number of hydrogen-bond acceptors (Lipinski definition) is 4. The van der Waals surface area contributed by atoms with Gasteiger partial charge >= 0.3 is 6.18 Å². The normalized spacial score (nSPS) is 14.7. The van der Waals surface area contributed by atoms with Gasteiger partial charge in [-0.2, -0.15) is 18.3 Å². The van der Waals surface area contributed by atoms with Crippen molar-refractivity contribution in [2.75, 3.05) is 5.32 Å². The molecule has 0 aromatic carbocycles. The molecule has 2 aromatic rings. The van der Waals surface area contributed by atoms with Crippen molar-refractivity contribution in [3.63, 3.8) is 0 Å². The summed E-state index contributed by atoms with van der Waals surface area (Å²) in [6.45, 7) is -0.277. The first-order valence-electron chi connectivity index (χ1n) is 6.81. The zero-order valence-corrected chi connectivity index (χ0v) is 12.3. The number of nitrogens with one attached hydrogen (secondary N) is 1. The number of anilines is 1. The average Bonchev–Trinajstić information content (AvgIpc) is 3.03. The SMILES string of the molecule is O=C(Cn1ccc(C(F)(F)F)n1)Nc1nc2c(s1)CCCC2. The summed E-state index contributed by atoms with van der Waals surface area (Å²) >= 11 is 1.43. The summed E-state index contributed by atoms with van der Waals surface area (Å²) in [5, 5.41) is 6.46. The third kappa shape index (κ3) is 3.29. The molecule has 1 aliphatic carbocycles. The summed E-state index contributed by atoms with van der Waals surface area (Å²) < 4.78 is 38.3. The molecule has 0 bridgehead atoms. The fourth-order valence-corrected chi connectivity index (χ4v) is 3.38. The second-order valence-corrected chi connectivity index (χ2v) is 6.12. The Labute approximate surface area is 128 Å². The standard InChI is InChI=1S/C13H13F3N4OS/c14-13(15,16)10-5-6-20(19-10)7-11(21)18-12-17-8-3-1-2-4-9(8)22-12/h5-6H,1-4,7H2,(H,17,18,21). The molecule has 0 atom stereocenters. The first-order valence-corrected chi connectivity index (χ1v) is 7.62. The number of rotatable bonds is 3. The predicted molar refractivity (Wildman–Crippen MR) is 74.6 cm³/mol. The molecule has 0 aliphatic heterocycles. The van der Waals surface area contributed by atoms with E-state index in [0.717, 1.165) is 48.3 Å². The summed E-state index contributed by atoms with van der Waals surface area (Å²) in [4.78, 5) is 17.4. The van der Waals surface area contributed by atoms with E-state index in [-0.39, 0.29) is 6.54 Å². The molecule has 0 saturated carbocycles. The van der Waals surface area contributed by atoms with Crippen molar-refractivity contribution in [2.45, 2.75) is 38.4 Å². The van der Waals surface area contributed by atoms with E-state index in [2.05, 4.69) is 15.4 Å². The zero-order valence-electron chi connectivity index (χ0n) is 11.5. The summed E-state index contributed by atoms with van der Waals surface area (Å²) in [5.74, 6) is -0.442. The molecule has 0 saturated heterocycles. The molecule has 118 valence electrons. The number of alkyl halides is 3. The molecule has 0 spiro atoms. The Kier molecular flexibility index (Phi) is 3.90. The number of aryl methyl sites for hydroxylation is 2. The summed E-state index contributed by atoms with van der Waals surface area (Å²) in [6, 6.07) is 0.843. The van der Waals surface area contributed by atoms with E-state index in [9.17, 15) is 18.0 Å². The number of carbonyl (C=O) groups is 1. The molecular weight excluding hydrogens is 317 g/mol. The minimum Gasteiger partial charge on any atom is -0.300 e. The monoisotopic (exact) mass is 330 g/mol. The molecule has 1 aliphatic rings. The van der Waals surface area contributed by atoms with Crippen molar-refractivity contribution in [1.82, 2.24) is 14.8 Å². The molecule has 0 unspecified atom stereocenters. The third-order valence-electron chi connectivity index (χ3n) is 3.33. The smallest absolute Gasteiger partial charge is 0.300 e. The molecule has 2 aromatic heterocycles. The Morgan fingerprint density at radius 1 is 1.36 bits per heavy atom. The lowest BCUT2D eigenvalue weighted by Gasteiger charge is -2.06. The lowest BCUT2D eigenvalue weighted by atomic mass is 10.0. The van der Waals surface area contributed by atoms with Gasteiger partial charge in [0.15, 0.2) is 10.8 Å². The molecule has 1 amide bonds. The fraction of sp³-hybridized carbons (Fsp3) is 0.462. The topological polar surface area (TPSA) is 59.8 Å². The van der Waals surface area contributed by atoms with Crippen LogP contribution in [0.3, 0.4) is 0 Å². The predicted octanol–water partition coefficient (Wildman–Crippen LogP) is 2.88. The van der Waals surface area contributed by atoms with Crippen molar-refractivity contribution < 1.29 is 18.0 Å². The second-order valence-electron chi connectivity index (χ2n) is 5.04. The van der Waals surface area contributed by atoms with Gasteiger partial charge in [-0.05, 0) is 31.7 Å². The zero-order chi connectivity index (χ0) is 15.7. The minimum absolute atomic E-state index is 0.277. The molecule has 3 rings (SSSR count). The molecule has 0 radical (unpaired) electrons. The van der Waals surface area contributed by atoms with E-state index >= 15 is 0 Å². The van der Waals surface area contributed by atoms with Gasteiger partial charge in [0.25, 0.3) is 0 Å². The number of aromatic nitrogens is 3. The van der Waals surface area contributed by atoms with E-state index < -0.39 is 17.8 Å². The van der Waals surface area contributed by atoms with Gasteiger partial charge in [0.2, 0.25) is 5.91 Å². The summed E-state index contributed by atoms with van der Waals surface area (Å²) in [5.41, 5.74) is 0.00927. The molecule has 1 N–H and O–H groups in total. The Balaban J connectivity index is 1.63. The van der Waals surface area contributed by atoms with Gasteiger partial charge < -0.3 is 5.32 Å². The lowest BCUT2D eigenvalue weighted by molar-refractivity contribution is -0.141. The van der Waals surface area contributed by atoms with E-state index in [1.54, 1.807) is 0 Å². The molecule has 5 nitrogen and oxygen atoms in total.